The van der Waals surface area contributed by atoms with Crippen molar-refractivity contribution in [2.24, 2.45) is 0 Å². The first kappa shape index (κ1) is 19.2. The molecule has 0 aliphatic rings. The normalized spacial score (nSPS) is 13.1. The highest BCUT2D eigenvalue weighted by Gasteiger charge is 2.20. The molecule has 27 heavy (non-hydrogen) atoms. The number of hydrogen-bond acceptors (Lipinski definition) is 2. The highest BCUT2D eigenvalue weighted by molar-refractivity contribution is 7.10. The average molecular weight is 387 g/mol. The number of nitrogens with one attached hydrogen (secondary N) is 1. The highest BCUT2D eigenvalue weighted by Crippen LogP contribution is 2.25. The summed E-state index contributed by atoms with van der Waals surface area (Å²) in [4.78, 5) is 13.6. The number of halogens is 2. The Bertz CT molecular complexity index is 884. The van der Waals surface area contributed by atoms with E-state index in [1.54, 1.807) is 23.6 Å². The zero-order valence-electron chi connectivity index (χ0n) is 14.9. The number of hydrogen-bond donors (Lipinski definition) is 2. The van der Waals surface area contributed by atoms with E-state index in [2.05, 4.69) is 5.32 Å². The van der Waals surface area contributed by atoms with Crippen LogP contribution in [0.4, 0.5) is 8.78 Å². The van der Waals surface area contributed by atoms with Crippen LogP contribution in [0.2, 0.25) is 0 Å². The first-order chi connectivity index (χ1) is 13.0. The van der Waals surface area contributed by atoms with E-state index in [1.165, 1.54) is 12.1 Å². The number of quaternary nitrogens is 1. The molecule has 0 aliphatic carbocycles. The fourth-order valence-electron chi connectivity index (χ4n) is 2.92. The molecule has 3 aromatic rings. The lowest BCUT2D eigenvalue weighted by atomic mass is 10.1. The summed E-state index contributed by atoms with van der Waals surface area (Å²) < 4.78 is 26.9. The molecular formula is C21H21F2N2OS+. The number of carbonyl (C=O) groups is 1. The molecule has 0 radical (unpaired) electrons. The second-order valence-electron chi connectivity index (χ2n) is 6.32. The van der Waals surface area contributed by atoms with Gasteiger partial charge in [0.2, 0.25) is 0 Å². The predicted octanol–water partition coefficient (Wildman–Crippen LogP) is 3.56. The van der Waals surface area contributed by atoms with E-state index in [0.717, 1.165) is 16.5 Å². The minimum atomic E-state index is -0.608. The summed E-state index contributed by atoms with van der Waals surface area (Å²) in [5.74, 6) is -1.35. The summed E-state index contributed by atoms with van der Waals surface area (Å²) in [5.41, 5.74) is 1.38. The van der Waals surface area contributed by atoms with E-state index in [-0.39, 0.29) is 24.5 Å². The molecule has 3 N–H and O–H groups in total. The van der Waals surface area contributed by atoms with Crippen molar-refractivity contribution in [3.05, 3.63) is 93.7 Å². The van der Waals surface area contributed by atoms with Gasteiger partial charge in [0.25, 0.3) is 5.91 Å². The van der Waals surface area contributed by atoms with E-state index in [0.29, 0.717) is 5.56 Å². The molecule has 0 saturated heterocycles. The summed E-state index contributed by atoms with van der Waals surface area (Å²) in [6.45, 7) is 1.93. The van der Waals surface area contributed by atoms with E-state index < -0.39 is 11.6 Å². The summed E-state index contributed by atoms with van der Waals surface area (Å²) in [6.07, 6.45) is 0. The Morgan fingerprint density at radius 3 is 2.56 bits per heavy atom. The van der Waals surface area contributed by atoms with Crippen molar-refractivity contribution in [1.29, 1.82) is 0 Å². The number of benzene rings is 2. The minimum Gasteiger partial charge on any atom is -0.339 e. The van der Waals surface area contributed by atoms with Crippen LogP contribution in [0.3, 0.4) is 0 Å². The SMILES string of the molecule is C[C@H]([NH2+]CC(=O)N[C@H](c1ccccc1)c1cccs1)c1ccc(F)cc1F. The third-order valence-corrected chi connectivity index (χ3v) is 5.31. The molecule has 1 heterocycles. The van der Waals surface area contributed by atoms with Crippen molar-refractivity contribution < 1.29 is 18.9 Å². The molecule has 3 nitrogen and oxygen atoms in total. The average Bonchev–Trinajstić information content (AvgIpc) is 3.19. The van der Waals surface area contributed by atoms with Gasteiger partial charge in [-0.1, -0.05) is 36.4 Å². The second-order valence-corrected chi connectivity index (χ2v) is 7.30. The lowest BCUT2D eigenvalue weighted by molar-refractivity contribution is -0.682. The van der Waals surface area contributed by atoms with Gasteiger partial charge in [-0.25, -0.2) is 8.78 Å². The van der Waals surface area contributed by atoms with Crippen molar-refractivity contribution in [3.63, 3.8) is 0 Å². The predicted molar refractivity (Wildman–Crippen MR) is 102 cm³/mol. The van der Waals surface area contributed by atoms with Gasteiger partial charge < -0.3 is 10.6 Å². The van der Waals surface area contributed by atoms with Crippen LogP contribution in [0, 0.1) is 11.6 Å². The van der Waals surface area contributed by atoms with Gasteiger partial charge in [0, 0.05) is 16.5 Å². The maximum absolute atomic E-state index is 13.9. The molecule has 6 heteroatoms. The molecule has 0 unspecified atom stereocenters. The van der Waals surface area contributed by atoms with Crippen molar-refractivity contribution in [3.8, 4) is 0 Å². The number of carbonyl (C=O) groups excluding carboxylic acids is 1. The summed E-state index contributed by atoms with van der Waals surface area (Å²) in [5, 5.41) is 6.77. The molecule has 1 aromatic heterocycles. The first-order valence-corrected chi connectivity index (χ1v) is 9.58. The Balaban J connectivity index is 1.64. The monoisotopic (exact) mass is 387 g/mol. The van der Waals surface area contributed by atoms with E-state index in [1.807, 2.05) is 47.8 Å². The lowest BCUT2D eigenvalue weighted by Crippen LogP contribution is -2.87. The molecule has 0 spiro atoms. The van der Waals surface area contributed by atoms with Crippen LogP contribution in [-0.4, -0.2) is 12.5 Å². The van der Waals surface area contributed by atoms with Crippen LogP contribution in [0.5, 0.6) is 0 Å². The van der Waals surface area contributed by atoms with Gasteiger partial charge in [-0.15, -0.1) is 11.3 Å². The molecule has 0 aliphatic heterocycles. The molecule has 0 fully saturated rings. The van der Waals surface area contributed by atoms with Gasteiger partial charge in [-0.05, 0) is 36.1 Å². The molecule has 0 bridgehead atoms. The minimum absolute atomic E-state index is 0.146. The Labute approximate surface area is 161 Å². The number of rotatable bonds is 7. The van der Waals surface area contributed by atoms with Crippen molar-refractivity contribution in [2.75, 3.05) is 6.54 Å². The second kappa shape index (κ2) is 8.88. The van der Waals surface area contributed by atoms with Crippen LogP contribution in [-0.2, 0) is 4.79 Å². The van der Waals surface area contributed by atoms with Crippen LogP contribution >= 0.6 is 11.3 Å². The molecule has 2 atom stereocenters. The van der Waals surface area contributed by atoms with Gasteiger partial charge in [0.15, 0.2) is 6.54 Å². The van der Waals surface area contributed by atoms with Crippen LogP contribution in [0.25, 0.3) is 0 Å². The summed E-state index contributed by atoms with van der Waals surface area (Å²) in [7, 11) is 0. The van der Waals surface area contributed by atoms with Gasteiger partial charge in [0.1, 0.15) is 17.7 Å². The van der Waals surface area contributed by atoms with E-state index in [9.17, 15) is 13.6 Å². The Morgan fingerprint density at radius 1 is 1.11 bits per heavy atom. The summed E-state index contributed by atoms with van der Waals surface area (Å²) in [6, 6.07) is 16.7. The standard InChI is InChI=1S/C21H20F2N2OS/c1-14(17-10-9-16(22)12-18(17)23)24-13-20(26)25-21(19-8-5-11-27-19)15-6-3-2-4-7-15/h2-12,14,21,24H,13H2,1H3,(H,25,26)/p+1/t14-,21+/m0/s1. The third-order valence-electron chi connectivity index (χ3n) is 4.38. The quantitative estimate of drug-likeness (QED) is 0.640. The van der Waals surface area contributed by atoms with Crippen LogP contribution in [0.1, 0.15) is 35.0 Å². The zero-order valence-corrected chi connectivity index (χ0v) is 15.7. The van der Waals surface area contributed by atoms with Crippen molar-refractivity contribution in [2.45, 2.75) is 19.0 Å². The Morgan fingerprint density at radius 2 is 1.89 bits per heavy atom. The van der Waals surface area contributed by atoms with Gasteiger partial charge in [-0.3, -0.25) is 4.79 Å². The third kappa shape index (κ3) is 4.99. The summed E-state index contributed by atoms with van der Waals surface area (Å²) >= 11 is 1.58. The zero-order chi connectivity index (χ0) is 19.2. The topological polar surface area (TPSA) is 45.7 Å². The maximum Gasteiger partial charge on any atom is 0.275 e. The fraction of sp³-hybridized carbons (Fsp3) is 0.190. The van der Waals surface area contributed by atoms with Crippen molar-refractivity contribution in [1.82, 2.24) is 5.32 Å². The number of thiophene rings is 1. The van der Waals surface area contributed by atoms with Gasteiger partial charge in [-0.2, -0.15) is 0 Å². The van der Waals surface area contributed by atoms with E-state index >= 15 is 0 Å². The molecular weight excluding hydrogens is 366 g/mol. The number of amides is 1. The van der Waals surface area contributed by atoms with E-state index in [4.69, 9.17) is 0 Å². The molecule has 2 aromatic carbocycles. The van der Waals surface area contributed by atoms with Crippen molar-refractivity contribution >= 4 is 17.2 Å². The largest absolute Gasteiger partial charge is 0.339 e. The Kier molecular flexibility index (Phi) is 6.32. The smallest absolute Gasteiger partial charge is 0.275 e. The fourth-order valence-corrected chi connectivity index (χ4v) is 3.72. The molecule has 1 amide bonds. The lowest BCUT2D eigenvalue weighted by Gasteiger charge is -2.18. The number of nitrogens with two attached hydrogens (primary N) is 1. The Hall–Kier alpha value is -2.57. The van der Waals surface area contributed by atoms with Crippen LogP contribution in [0.15, 0.2) is 66.0 Å². The van der Waals surface area contributed by atoms with Gasteiger partial charge >= 0.3 is 0 Å². The first-order valence-electron chi connectivity index (χ1n) is 8.70. The molecule has 3 rings (SSSR count). The highest BCUT2D eigenvalue weighted by atomic mass is 32.1. The molecule has 140 valence electrons. The molecule has 0 saturated carbocycles. The maximum atomic E-state index is 13.9. The van der Waals surface area contributed by atoms with Gasteiger partial charge in [0.05, 0.1) is 6.04 Å². The van der Waals surface area contributed by atoms with Crippen LogP contribution < -0.4 is 10.6 Å².